The van der Waals surface area contributed by atoms with Gasteiger partial charge in [-0.3, -0.25) is 0 Å². The van der Waals surface area contributed by atoms with Gasteiger partial charge in [-0.15, -0.1) is 0 Å². The number of hydrogen-bond acceptors (Lipinski definition) is 2. The van der Waals surface area contributed by atoms with Crippen molar-refractivity contribution in [2.45, 2.75) is 33.1 Å². The van der Waals surface area contributed by atoms with Crippen molar-refractivity contribution < 1.29 is 0 Å². The van der Waals surface area contributed by atoms with Gasteiger partial charge in [0.25, 0.3) is 0 Å². The molecular formula is C63H53N3. The van der Waals surface area contributed by atoms with Crippen molar-refractivity contribution in [3.63, 3.8) is 0 Å². The molecule has 3 heteroatoms. The first-order valence-corrected chi connectivity index (χ1v) is 23.2. The Kier molecular flexibility index (Phi) is 12.2. The van der Waals surface area contributed by atoms with Crippen LogP contribution in [0.15, 0.2) is 249 Å². The summed E-state index contributed by atoms with van der Waals surface area (Å²) in [4.78, 5) is 4.68. The third-order valence-corrected chi connectivity index (χ3v) is 12.5. The van der Waals surface area contributed by atoms with Crippen LogP contribution in [0.1, 0.15) is 31.5 Å². The molecule has 1 heterocycles. The normalized spacial score (nSPS) is 11.1. The number of hydrogen-bond donors (Lipinski definition) is 0. The number of anilines is 6. The summed E-state index contributed by atoms with van der Waals surface area (Å²) in [5.41, 5.74) is 20.4. The summed E-state index contributed by atoms with van der Waals surface area (Å²) < 4.78 is 2.51. The maximum Gasteiger partial charge on any atom is 0.0612 e. The molecule has 10 rings (SSSR count). The molecule has 3 nitrogen and oxygen atoms in total. The van der Waals surface area contributed by atoms with Crippen LogP contribution < -0.4 is 9.80 Å². The highest BCUT2D eigenvalue weighted by Gasteiger charge is 2.25. The Hall–Kier alpha value is -8.14. The minimum Gasteiger partial charge on any atom is -0.313 e. The van der Waals surface area contributed by atoms with Gasteiger partial charge in [0.1, 0.15) is 0 Å². The molecule has 0 unspecified atom stereocenters. The van der Waals surface area contributed by atoms with E-state index in [1.807, 2.05) is 0 Å². The Bertz CT molecular complexity index is 3110. The molecular weight excluding hydrogens is 799 g/mol. The second kappa shape index (κ2) is 19.3. The first-order valence-electron chi connectivity index (χ1n) is 23.2. The maximum atomic E-state index is 2.51. The lowest BCUT2D eigenvalue weighted by atomic mass is 9.94. The fourth-order valence-electron chi connectivity index (χ4n) is 9.47. The summed E-state index contributed by atoms with van der Waals surface area (Å²) in [6, 6.07) is 89.6. The van der Waals surface area contributed by atoms with Crippen molar-refractivity contribution in [1.82, 2.24) is 4.57 Å². The highest BCUT2D eigenvalue weighted by Crippen LogP contribution is 2.44. The Morgan fingerprint density at radius 2 is 0.636 bits per heavy atom. The van der Waals surface area contributed by atoms with Crippen molar-refractivity contribution in [3.05, 3.63) is 260 Å². The predicted molar refractivity (Wildman–Crippen MR) is 280 cm³/mol. The summed E-state index contributed by atoms with van der Waals surface area (Å²) in [7, 11) is 0. The summed E-state index contributed by atoms with van der Waals surface area (Å²) in [5.74, 6) is 0. The van der Waals surface area contributed by atoms with Crippen LogP contribution in [0.25, 0.3) is 50.3 Å². The molecule has 10 aromatic rings. The number of benzene rings is 9. The molecule has 1 aromatic heterocycles. The van der Waals surface area contributed by atoms with E-state index in [-0.39, 0.29) is 0 Å². The van der Waals surface area contributed by atoms with E-state index in [9.17, 15) is 0 Å². The van der Waals surface area contributed by atoms with Gasteiger partial charge in [-0.25, -0.2) is 0 Å². The predicted octanol–water partition coefficient (Wildman–Crippen LogP) is 17.6. The molecule has 0 amide bonds. The average Bonchev–Trinajstić information content (AvgIpc) is 3.72. The number of rotatable bonds is 14. The molecule has 0 aliphatic carbocycles. The highest BCUT2D eigenvalue weighted by atomic mass is 15.1. The average molecular weight is 852 g/mol. The van der Waals surface area contributed by atoms with Gasteiger partial charge in [0, 0.05) is 51.1 Å². The standard InChI is InChI=1S/C63H53N3/c1-3-20-60-61(4-2)66(55-29-18-9-19-30-55)63(52-23-12-6-13-24-52)62(60)51-37-45-59(46-38-51)65(54-27-16-8-17-28-54)58-43-35-50(36-44-58)49-33-41-57(42-34-49)64(53-25-14-7-15-26-53)56-39-31-48(32-40-56)47-21-10-5-11-22-47/h5-19,21-46H,3-4,20H2,1-2H3. The van der Waals surface area contributed by atoms with Gasteiger partial charge in [-0.2, -0.15) is 0 Å². The quantitative estimate of drug-likeness (QED) is 0.108. The fraction of sp³-hybridized carbons (Fsp3) is 0.0794. The minimum absolute atomic E-state index is 0.945. The summed E-state index contributed by atoms with van der Waals surface area (Å²) >= 11 is 0. The molecule has 0 saturated heterocycles. The monoisotopic (exact) mass is 851 g/mol. The van der Waals surface area contributed by atoms with E-state index < -0.39 is 0 Å². The molecule has 0 saturated carbocycles. The minimum atomic E-state index is 0.945. The zero-order valence-electron chi connectivity index (χ0n) is 37.6. The molecule has 0 bridgehead atoms. The van der Waals surface area contributed by atoms with Crippen LogP contribution in [0, 0.1) is 0 Å². The lowest BCUT2D eigenvalue weighted by Crippen LogP contribution is -2.10. The molecule has 0 spiro atoms. The van der Waals surface area contributed by atoms with E-state index in [1.54, 1.807) is 0 Å². The van der Waals surface area contributed by atoms with Crippen LogP contribution in [0.4, 0.5) is 34.1 Å². The van der Waals surface area contributed by atoms with Gasteiger partial charge in [0.05, 0.1) is 5.69 Å². The third kappa shape index (κ3) is 8.47. The largest absolute Gasteiger partial charge is 0.313 e. The van der Waals surface area contributed by atoms with Crippen LogP contribution in [-0.2, 0) is 12.8 Å². The summed E-state index contributed by atoms with van der Waals surface area (Å²) in [6.07, 6.45) is 3.03. The zero-order valence-corrected chi connectivity index (χ0v) is 37.6. The second-order valence-corrected chi connectivity index (χ2v) is 16.7. The van der Waals surface area contributed by atoms with Gasteiger partial charge in [0.15, 0.2) is 0 Å². The highest BCUT2D eigenvalue weighted by molar-refractivity contribution is 5.89. The molecule has 0 fully saturated rings. The van der Waals surface area contributed by atoms with Crippen molar-refractivity contribution >= 4 is 34.1 Å². The summed E-state index contributed by atoms with van der Waals surface area (Å²) in [5, 5.41) is 0. The van der Waals surface area contributed by atoms with Gasteiger partial charge in [-0.1, -0.05) is 184 Å². The Balaban J connectivity index is 0.978. The lowest BCUT2D eigenvalue weighted by molar-refractivity contribution is 0.867. The molecule has 0 radical (unpaired) electrons. The van der Waals surface area contributed by atoms with Crippen molar-refractivity contribution in [3.8, 4) is 50.3 Å². The Morgan fingerprint density at radius 1 is 0.318 bits per heavy atom. The van der Waals surface area contributed by atoms with Gasteiger partial charge < -0.3 is 14.4 Å². The topological polar surface area (TPSA) is 11.4 Å². The number of para-hydroxylation sites is 3. The van der Waals surface area contributed by atoms with E-state index in [4.69, 9.17) is 0 Å². The van der Waals surface area contributed by atoms with Gasteiger partial charge in [0.2, 0.25) is 0 Å². The first kappa shape index (κ1) is 41.8. The van der Waals surface area contributed by atoms with Crippen LogP contribution in [0.5, 0.6) is 0 Å². The molecule has 320 valence electrons. The van der Waals surface area contributed by atoms with E-state index in [1.165, 1.54) is 61.6 Å². The molecule has 9 aromatic carbocycles. The van der Waals surface area contributed by atoms with Crippen LogP contribution in [0.3, 0.4) is 0 Å². The Labute approximate surface area is 390 Å². The summed E-state index contributed by atoms with van der Waals surface area (Å²) in [6.45, 7) is 4.58. The van der Waals surface area contributed by atoms with E-state index in [0.717, 1.165) is 53.4 Å². The SMILES string of the molecule is CCCc1c(-c2ccc(N(c3ccccc3)c3ccc(-c4ccc(N(c5ccccc5)c5ccc(-c6ccccc6)cc5)cc4)cc3)cc2)c(-c2ccccc2)n(-c2ccccc2)c1CC. The molecule has 0 atom stereocenters. The van der Waals surface area contributed by atoms with Crippen LogP contribution in [-0.4, -0.2) is 4.57 Å². The lowest BCUT2D eigenvalue weighted by Gasteiger charge is -2.26. The van der Waals surface area contributed by atoms with Crippen LogP contribution in [0.2, 0.25) is 0 Å². The third-order valence-electron chi connectivity index (χ3n) is 12.5. The first-order chi connectivity index (χ1) is 32.7. The van der Waals surface area contributed by atoms with Crippen molar-refractivity contribution in [1.29, 1.82) is 0 Å². The number of nitrogens with zero attached hydrogens (tertiary/aromatic N) is 3. The molecule has 66 heavy (non-hydrogen) atoms. The molecule has 0 N–H and O–H groups in total. The van der Waals surface area contributed by atoms with E-state index in [0.29, 0.717) is 0 Å². The van der Waals surface area contributed by atoms with Crippen LogP contribution >= 0.6 is 0 Å². The van der Waals surface area contributed by atoms with Crippen molar-refractivity contribution in [2.24, 2.45) is 0 Å². The maximum absolute atomic E-state index is 2.51. The van der Waals surface area contributed by atoms with Gasteiger partial charge in [-0.05, 0) is 137 Å². The van der Waals surface area contributed by atoms with Gasteiger partial charge >= 0.3 is 0 Å². The van der Waals surface area contributed by atoms with Crippen molar-refractivity contribution in [2.75, 3.05) is 9.80 Å². The molecule has 0 aliphatic rings. The van der Waals surface area contributed by atoms with E-state index in [2.05, 4.69) is 277 Å². The zero-order chi connectivity index (χ0) is 44.7. The van der Waals surface area contributed by atoms with E-state index >= 15 is 0 Å². The second-order valence-electron chi connectivity index (χ2n) is 16.7. The smallest absolute Gasteiger partial charge is 0.0612 e. The molecule has 0 aliphatic heterocycles. The number of aromatic nitrogens is 1. The Morgan fingerprint density at radius 3 is 1.02 bits per heavy atom. The fourth-order valence-corrected chi connectivity index (χ4v) is 9.47.